The Morgan fingerprint density at radius 2 is 1.39 bits per heavy atom. The Morgan fingerprint density at radius 3 is 2.00 bits per heavy atom. The van der Waals surface area contributed by atoms with Crippen LogP contribution in [-0.4, -0.2) is 52.2 Å². The van der Waals surface area contributed by atoms with E-state index < -0.39 is 0 Å². The molecule has 8 nitrogen and oxygen atoms in total. The third-order valence-corrected chi connectivity index (χ3v) is 6.79. The van der Waals surface area contributed by atoms with Gasteiger partial charge in [0.05, 0.1) is 12.2 Å². The van der Waals surface area contributed by atoms with Gasteiger partial charge in [-0.25, -0.2) is 14.0 Å². The standard InChI is InChI=1S/C28H32N6O2/c1-22(23-5-3-2-4-6-23)29-15-16-34-28(36)33(21-30-34)26-9-7-24(8-10-26)31-17-19-32(20-18-31)25-11-13-27(35)14-12-25/h2-14,21-22,29,35H,15-20H2,1H3/t22-/m1/s1. The van der Waals surface area contributed by atoms with Gasteiger partial charge in [-0.05, 0) is 61.0 Å². The Labute approximate surface area is 211 Å². The predicted molar refractivity (Wildman–Crippen MR) is 143 cm³/mol. The zero-order valence-corrected chi connectivity index (χ0v) is 20.5. The lowest BCUT2D eigenvalue weighted by Gasteiger charge is -2.37. The number of phenolic OH excluding ortho intramolecular Hbond substituents is 1. The summed E-state index contributed by atoms with van der Waals surface area (Å²) in [6.07, 6.45) is 1.59. The van der Waals surface area contributed by atoms with E-state index in [1.165, 1.54) is 10.2 Å². The highest BCUT2D eigenvalue weighted by atomic mass is 16.3. The Hall–Kier alpha value is -4.04. The van der Waals surface area contributed by atoms with Crippen molar-refractivity contribution in [1.29, 1.82) is 0 Å². The fraction of sp³-hybridized carbons (Fsp3) is 0.286. The molecule has 0 aliphatic carbocycles. The molecule has 0 radical (unpaired) electrons. The van der Waals surface area contributed by atoms with Crippen LogP contribution in [0.1, 0.15) is 18.5 Å². The molecular formula is C28H32N6O2. The van der Waals surface area contributed by atoms with Crippen molar-refractivity contribution in [1.82, 2.24) is 19.7 Å². The second-order valence-electron chi connectivity index (χ2n) is 9.10. The molecule has 3 aromatic carbocycles. The van der Waals surface area contributed by atoms with E-state index in [1.54, 1.807) is 23.0 Å². The quantitative estimate of drug-likeness (QED) is 0.399. The molecule has 1 aliphatic rings. The largest absolute Gasteiger partial charge is 0.508 e. The number of phenols is 1. The van der Waals surface area contributed by atoms with Crippen molar-refractivity contribution in [3.05, 3.63) is 101 Å². The number of hydrogen-bond donors (Lipinski definition) is 2. The number of nitrogens with zero attached hydrogens (tertiary/aromatic N) is 5. The van der Waals surface area contributed by atoms with Gasteiger partial charge in [0, 0.05) is 50.1 Å². The topological polar surface area (TPSA) is 78.6 Å². The molecule has 5 rings (SSSR count). The fourth-order valence-corrected chi connectivity index (χ4v) is 4.62. The fourth-order valence-electron chi connectivity index (χ4n) is 4.62. The maximum atomic E-state index is 12.9. The van der Waals surface area contributed by atoms with Crippen LogP contribution in [0.3, 0.4) is 0 Å². The third-order valence-electron chi connectivity index (χ3n) is 6.79. The van der Waals surface area contributed by atoms with Crippen LogP contribution in [0.25, 0.3) is 5.69 Å². The molecule has 1 saturated heterocycles. The zero-order chi connectivity index (χ0) is 24.9. The first-order valence-electron chi connectivity index (χ1n) is 12.4. The number of rotatable bonds is 8. The minimum Gasteiger partial charge on any atom is -0.508 e. The third kappa shape index (κ3) is 5.28. The number of nitrogens with one attached hydrogen (secondary N) is 1. The number of piperazine rings is 1. The first-order valence-corrected chi connectivity index (χ1v) is 12.4. The van der Waals surface area contributed by atoms with E-state index in [2.05, 4.69) is 51.4 Å². The first kappa shape index (κ1) is 23.7. The number of aromatic hydroxyl groups is 1. The van der Waals surface area contributed by atoms with Gasteiger partial charge in [0.15, 0.2) is 0 Å². The van der Waals surface area contributed by atoms with E-state index in [-0.39, 0.29) is 17.5 Å². The van der Waals surface area contributed by atoms with Gasteiger partial charge in [-0.15, -0.1) is 0 Å². The SMILES string of the molecule is C[C@@H](NCCn1ncn(-c2ccc(N3CCN(c4ccc(O)cc4)CC3)cc2)c1=O)c1ccccc1. The lowest BCUT2D eigenvalue weighted by molar-refractivity contribution is 0.475. The second kappa shape index (κ2) is 10.7. The van der Waals surface area contributed by atoms with Crippen LogP contribution in [-0.2, 0) is 6.54 Å². The summed E-state index contributed by atoms with van der Waals surface area (Å²) in [6, 6.07) is 25.9. The van der Waals surface area contributed by atoms with Crippen LogP contribution < -0.4 is 20.8 Å². The van der Waals surface area contributed by atoms with Crippen LogP contribution >= 0.6 is 0 Å². The van der Waals surface area contributed by atoms with Crippen LogP contribution in [0.2, 0.25) is 0 Å². The molecule has 1 aromatic heterocycles. The molecule has 0 amide bonds. The van der Waals surface area contributed by atoms with Crippen LogP contribution in [0, 0.1) is 0 Å². The number of anilines is 2. The average molecular weight is 485 g/mol. The number of hydrogen-bond acceptors (Lipinski definition) is 6. The first-order chi connectivity index (χ1) is 17.6. The van der Waals surface area contributed by atoms with Crippen molar-refractivity contribution in [2.45, 2.75) is 19.5 Å². The second-order valence-corrected chi connectivity index (χ2v) is 9.10. The van der Waals surface area contributed by atoms with E-state index in [1.807, 2.05) is 42.5 Å². The molecule has 4 aromatic rings. The summed E-state index contributed by atoms with van der Waals surface area (Å²) in [4.78, 5) is 17.6. The highest BCUT2D eigenvalue weighted by Crippen LogP contribution is 2.23. The zero-order valence-electron chi connectivity index (χ0n) is 20.5. The molecule has 36 heavy (non-hydrogen) atoms. The molecule has 0 saturated carbocycles. The van der Waals surface area contributed by atoms with Gasteiger partial charge in [-0.2, -0.15) is 5.10 Å². The van der Waals surface area contributed by atoms with E-state index >= 15 is 0 Å². The minimum atomic E-state index is -0.139. The predicted octanol–water partition coefficient (Wildman–Crippen LogP) is 3.42. The maximum Gasteiger partial charge on any atom is 0.350 e. The van der Waals surface area contributed by atoms with Crippen molar-refractivity contribution in [2.75, 3.05) is 42.5 Å². The van der Waals surface area contributed by atoms with Crippen LogP contribution in [0.15, 0.2) is 90.0 Å². The highest BCUT2D eigenvalue weighted by Gasteiger charge is 2.18. The number of aromatic nitrogens is 3. The lowest BCUT2D eigenvalue weighted by atomic mass is 10.1. The molecule has 1 atom stereocenters. The molecular weight excluding hydrogens is 452 g/mol. The highest BCUT2D eigenvalue weighted by molar-refractivity contribution is 5.54. The maximum absolute atomic E-state index is 12.9. The van der Waals surface area contributed by atoms with Crippen LogP contribution in [0.5, 0.6) is 5.75 Å². The Bertz CT molecular complexity index is 1310. The molecule has 2 heterocycles. The van der Waals surface area contributed by atoms with E-state index in [0.29, 0.717) is 13.1 Å². The van der Waals surface area contributed by atoms with Crippen molar-refractivity contribution in [3.63, 3.8) is 0 Å². The molecule has 0 unspecified atom stereocenters. The minimum absolute atomic E-state index is 0.139. The Morgan fingerprint density at radius 1 is 0.833 bits per heavy atom. The average Bonchev–Trinajstić information content (AvgIpc) is 3.29. The Kier molecular flexibility index (Phi) is 7.04. The monoisotopic (exact) mass is 484 g/mol. The van der Waals surface area contributed by atoms with Crippen molar-refractivity contribution in [3.8, 4) is 11.4 Å². The molecule has 0 spiro atoms. The normalized spacial score (nSPS) is 14.7. The van der Waals surface area contributed by atoms with E-state index in [9.17, 15) is 9.90 Å². The summed E-state index contributed by atoms with van der Waals surface area (Å²) in [5, 5.41) is 17.3. The van der Waals surface area contributed by atoms with Crippen molar-refractivity contribution in [2.24, 2.45) is 0 Å². The summed E-state index contributed by atoms with van der Waals surface area (Å²) in [7, 11) is 0. The van der Waals surface area contributed by atoms with Gasteiger partial charge >= 0.3 is 5.69 Å². The summed E-state index contributed by atoms with van der Waals surface area (Å²) < 4.78 is 3.09. The molecule has 1 aliphatic heterocycles. The van der Waals surface area contributed by atoms with Gasteiger partial charge < -0.3 is 20.2 Å². The van der Waals surface area contributed by atoms with Gasteiger partial charge in [-0.1, -0.05) is 30.3 Å². The van der Waals surface area contributed by atoms with Crippen LogP contribution in [0.4, 0.5) is 11.4 Å². The Balaban J connectivity index is 1.16. The summed E-state index contributed by atoms with van der Waals surface area (Å²) in [6.45, 7) is 6.92. The van der Waals surface area contributed by atoms with Gasteiger partial charge in [0.2, 0.25) is 0 Å². The molecule has 1 fully saturated rings. The van der Waals surface area contributed by atoms with E-state index in [0.717, 1.165) is 43.2 Å². The van der Waals surface area contributed by atoms with Crippen molar-refractivity contribution >= 4 is 11.4 Å². The molecule has 186 valence electrons. The van der Waals surface area contributed by atoms with Crippen molar-refractivity contribution < 1.29 is 5.11 Å². The summed E-state index contributed by atoms with van der Waals surface area (Å²) in [5.41, 5.74) is 4.16. The summed E-state index contributed by atoms with van der Waals surface area (Å²) in [5.74, 6) is 0.288. The van der Waals surface area contributed by atoms with Gasteiger partial charge in [0.1, 0.15) is 12.1 Å². The lowest BCUT2D eigenvalue weighted by Crippen LogP contribution is -2.46. The number of benzene rings is 3. The smallest absolute Gasteiger partial charge is 0.350 e. The molecule has 0 bridgehead atoms. The van der Waals surface area contributed by atoms with E-state index in [4.69, 9.17) is 0 Å². The molecule has 8 heteroatoms. The summed E-state index contributed by atoms with van der Waals surface area (Å²) >= 11 is 0. The van der Waals surface area contributed by atoms with Gasteiger partial charge in [0.25, 0.3) is 0 Å². The molecule has 2 N–H and O–H groups in total. The van der Waals surface area contributed by atoms with Gasteiger partial charge in [-0.3, -0.25) is 0 Å².